The molecule has 3 heteroatoms. The van der Waals surface area contributed by atoms with E-state index in [2.05, 4.69) is 49.3 Å². The highest BCUT2D eigenvalue weighted by atomic mass is 16.5. The van der Waals surface area contributed by atoms with Gasteiger partial charge in [0.25, 0.3) is 0 Å². The van der Waals surface area contributed by atoms with Gasteiger partial charge in [0.2, 0.25) is 0 Å². The minimum absolute atomic E-state index is 0.000618. The molecule has 2 aromatic carbocycles. The summed E-state index contributed by atoms with van der Waals surface area (Å²) in [6, 6.07) is 14.4. The summed E-state index contributed by atoms with van der Waals surface area (Å²) in [5, 5.41) is 12.6. The molecule has 3 rings (SSSR count). The number of benzene rings is 2. The van der Waals surface area contributed by atoms with Crippen LogP contribution in [0.1, 0.15) is 31.4 Å². The number of ether oxygens (including phenoxy) is 1. The van der Waals surface area contributed by atoms with E-state index >= 15 is 0 Å². The highest BCUT2D eigenvalue weighted by Crippen LogP contribution is 2.40. The average molecular weight is 281 g/mol. The van der Waals surface area contributed by atoms with Gasteiger partial charge in [-0.1, -0.05) is 43.3 Å². The zero-order chi connectivity index (χ0) is 15.0. The summed E-state index contributed by atoms with van der Waals surface area (Å²) in [6.45, 7) is 4.36. The third-order valence-corrected chi connectivity index (χ3v) is 4.21. The fraction of sp³-hybridized carbons (Fsp3) is 0.278. The van der Waals surface area contributed by atoms with Gasteiger partial charge in [0.15, 0.2) is 0 Å². The normalized spacial score (nSPS) is 17.8. The van der Waals surface area contributed by atoms with Crippen molar-refractivity contribution in [1.29, 1.82) is 0 Å². The lowest BCUT2D eigenvalue weighted by Gasteiger charge is -2.18. The summed E-state index contributed by atoms with van der Waals surface area (Å²) in [4.78, 5) is 0. The number of fused-ring (bicyclic) bond motifs is 1. The van der Waals surface area contributed by atoms with Crippen LogP contribution in [0.15, 0.2) is 47.6 Å². The van der Waals surface area contributed by atoms with Crippen molar-refractivity contribution >= 4 is 5.71 Å². The van der Waals surface area contributed by atoms with E-state index < -0.39 is 0 Å². The number of hydrogen-bond donors (Lipinski definition) is 1. The predicted molar refractivity (Wildman–Crippen MR) is 84.4 cm³/mol. The summed E-state index contributed by atoms with van der Waals surface area (Å²) >= 11 is 0. The van der Waals surface area contributed by atoms with Crippen LogP contribution in [0.4, 0.5) is 0 Å². The SMILES string of the molecule is COc1ccc(-c2ccc3c(c2)C(C)(C)CC3=NO)cc1. The summed E-state index contributed by atoms with van der Waals surface area (Å²) in [6.07, 6.45) is 0.769. The Bertz CT molecular complexity index is 700. The number of hydrogen-bond acceptors (Lipinski definition) is 3. The standard InChI is InChI=1S/C18H19NO2/c1-18(2)11-17(19-20)15-9-6-13(10-16(15)18)12-4-7-14(21-3)8-5-12/h4-10,20H,11H2,1-3H3. The zero-order valence-corrected chi connectivity index (χ0v) is 12.6. The Balaban J connectivity index is 2.07. The molecule has 1 aliphatic rings. The van der Waals surface area contributed by atoms with Crippen molar-refractivity contribution in [2.24, 2.45) is 5.16 Å². The fourth-order valence-corrected chi connectivity index (χ4v) is 3.02. The Morgan fingerprint density at radius 1 is 1.05 bits per heavy atom. The minimum atomic E-state index is -0.000618. The second kappa shape index (κ2) is 4.92. The number of nitrogens with zero attached hydrogens (tertiary/aromatic N) is 1. The van der Waals surface area contributed by atoms with E-state index in [1.807, 2.05) is 12.1 Å². The van der Waals surface area contributed by atoms with Gasteiger partial charge in [-0.2, -0.15) is 0 Å². The molecule has 0 amide bonds. The largest absolute Gasteiger partial charge is 0.497 e. The van der Waals surface area contributed by atoms with Crippen LogP contribution < -0.4 is 4.74 Å². The van der Waals surface area contributed by atoms with Crippen LogP contribution in [0.5, 0.6) is 5.75 Å². The van der Waals surface area contributed by atoms with Crippen molar-refractivity contribution in [2.45, 2.75) is 25.7 Å². The summed E-state index contributed by atoms with van der Waals surface area (Å²) in [7, 11) is 1.67. The molecule has 0 spiro atoms. The van der Waals surface area contributed by atoms with Crippen LogP contribution in [0.3, 0.4) is 0 Å². The zero-order valence-electron chi connectivity index (χ0n) is 12.6. The van der Waals surface area contributed by atoms with Crippen LogP contribution in [0.25, 0.3) is 11.1 Å². The molecule has 0 aromatic heterocycles. The van der Waals surface area contributed by atoms with Crippen molar-refractivity contribution < 1.29 is 9.94 Å². The maximum Gasteiger partial charge on any atom is 0.118 e. The third-order valence-electron chi connectivity index (χ3n) is 4.21. The lowest BCUT2D eigenvalue weighted by molar-refractivity contribution is 0.317. The first kappa shape index (κ1) is 13.7. The molecule has 0 fully saturated rings. The molecular weight excluding hydrogens is 262 g/mol. The Kier molecular flexibility index (Phi) is 3.20. The average Bonchev–Trinajstić information content (AvgIpc) is 2.78. The smallest absolute Gasteiger partial charge is 0.118 e. The van der Waals surface area contributed by atoms with Crippen LogP contribution in [-0.2, 0) is 5.41 Å². The molecule has 0 saturated heterocycles. The second-order valence-corrected chi connectivity index (χ2v) is 6.10. The van der Waals surface area contributed by atoms with Crippen LogP contribution in [0.2, 0.25) is 0 Å². The Labute approximate surface area is 124 Å². The van der Waals surface area contributed by atoms with Crippen LogP contribution in [-0.4, -0.2) is 18.0 Å². The minimum Gasteiger partial charge on any atom is -0.497 e. The third kappa shape index (κ3) is 2.29. The number of oxime groups is 1. The van der Waals surface area contributed by atoms with E-state index in [1.165, 1.54) is 11.1 Å². The van der Waals surface area contributed by atoms with Crippen molar-refractivity contribution in [2.75, 3.05) is 7.11 Å². The Hall–Kier alpha value is -2.29. The monoisotopic (exact) mass is 281 g/mol. The lowest BCUT2D eigenvalue weighted by Crippen LogP contribution is -2.12. The number of methoxy groups -OCH3 is 1. The maximum atomic E-state index is 9.16. The molecule has 0 atom stereocenters. The summed E-state index contributed by atoms with van der Waals surface area (Å²) < 4.78 is 5.20. The van der Waals surface area contributed by atoms with Gasteiger partial charge in [0.05, 0.1) is 12.8 Å². The molecule has 0 radical (unpaired) electrons. The molecule has 0 unspecified atom stereocenters. The quantitative estimate of drug-likeness (QED) is 0.661. The van der Waals surface area contributed by atoms with E-state index in [0.717, 1.165) is 29.0 Å². The van der Waals surface area contributed by atoms with Gasteiger partial charge >= 0.3 is 0 Å². The maximum absolute atomic E-state index is 9.16. The number of rotatable bonds is 2. The second-order valence-electron chi connectivity index (χ2n) is 6.10. The highest BCUT2D eigenvalue weighted by Gasteiger charge is 2.34. The molecule has 108 valence electrons. The van der Waals surface area contributed by atoms with Crippen LogP contribution >= 0.6 is 0 Å². The van der Waals surface area contributed by atoms with Gasteiger partial charge in [-0.25, -0.2) is 0 Å². The van der Waals surface area contributed by atoms with E-state index in [4.69, 9.17) is 9.94 Å². The lowest BCUT2D eigenvalue weighted by atomic mass is 9.85. The molecule has 2 aromatic rings. The summed E-state index contributed by atoms with van der Waals surface area (Å²) in [5.41, 5.74) is 5.39. The van der Waals surface area contributed by atoms with Gasteiger partial charge in [-0.15, -0.1) is 0 Å². The molecule has 0 saturated carbocycles. The first-order valence-electron chi connectivity index (χ1n) is 7.05. The van der Waals surface area contributed by atoms with E-state index in [0.29, 0.717) is 0 Å². The fourth-order valence-electron chi connectivity index (χ4n) is 3.02. The van der Waals surface area contributed by atoms with Crippen molar-refractivity contribution in [3.05, 3.63) is 53.6 Å². The molecule has 1 N–H and O–H groups in total. The van der Waals surface area contributed by atoms with Crippen molar-refractivity contribution in [3.63, 3.8) is 0 Å². The molecule has 0 bridgehead atoms. The predicted octanol–water partition coefficient (Wildman–Crippen LogP) is 4.22. The van der Waals surface area contributed by atoms with Crippen molar-refractivity contribution in [1.82, 2.24) is 0 Å². The Morgan fingerprint density at radius 2 is 1.71 bits per heavy atom. The van der Waals surface area contributed by atoms with Gasteiger partial charge < -0.3 is 9.94 Å². The molecule has 0 aliphatic heterocycles. The van der Waals surface area contributed by atoms with Crippen molar-refractivity contribution in [3.8, 4) is 16.9 Å². The first-order chi connectivity index (χ1) is 10.0. The van der Waals surface area contributed by atoms with Gasteiger partial charge in [-0.05, 0) is 40.3 Å². The van der Waals surface area contributed by atoms with E-state index in [-0.39, 0.29) is 5.41 Å². The molecule has 0 heterocycles. The van der Waals surface area contributed by atoms with Gasteiger partial charge in [0.1, 0.15) is 5.75 Å². The highest BCUT2D eigenvalue weighted by molar-refractivity contribution is 6.06. The van der Waals surface area contributed by atoms with E-state index in [9.17, 15) is 0 Å². The first-order valence-corrected chi connectivity index (χ1v) is 7.05. The topological polar surface area (TPSA) is 41.8 Å². The molecular formula is C18H19NO2. The Morgan fingerprint density at radius 3 is 2.33 bits per heavy atom. The van der Waals surface area contributed by atoms with E-state index in [1.54, 1.807) is 7.11 Å². The van der Waals surface area contributed by atoms with Gasteiger partial charge in [0, 0.05) is 12.0 Å². The molecule has 3 nitrogen and oxygen atoms in total. The molecule has 1 aliphatic carbocycles. The van der Waals surface area contributed by atoms with Gasteiger partial charge in [-0.3, -0.25) is 0 Å². The summed E-state index contributed by atoms with van der Waals surface area (Å²) in [5.74, 6) is 0.856. The van der Waals surface area contributed by atoms with Crippen LogP contribution in [0, 0.1) is 0 Å². The molecule has 21 heavy (non-hydrogen) atoms.